The Balaban J connectivity index is 1.79. The van der Waals surface area contributed by atoms with Crippen LogP contribution in [0, 0.1) is 5.41 Å². The molecule has 2 aliphatic rings. The number of hydrogen-bond acceptors (Lipinski definition) is 2. The van der Waals surface area contributed by atoms with E-state index in [0.717, 1.165) is 38.4 Å². The molecule has 0 atom stereocenters. The molecule has 1 aromatic carbocycles. The molecule has 0 aromatic heterocycles. The number of hydrogen-bond donors (Lipinski definition) is 2. The average molecular weight is 315 g/mol. The van der Waals surface area contributed by atoms with Crippen LogP contribution in [0.25, 0.3) is 0 Å². The summed E-state index contributed by atoms with van der Waals surface area (Å²) in [4.78, 5) is 7.31. The van der Waals surface area contributed by atoms with E-state index in [2.05, 4.69) is 41.4 Å². The minimum absolute atomic E-state index is 0.217. The van der Waals surface area contributed by atoms with Gasteiger partial charge in [0.15, 0.2) is 5.96 Å². The van der Waals surface area contributed by atoms with Gasteiger partial charge in [0, 0.05) is 31.9 Å². The van der Waals surface area contributed by atoms with E-state index in [1.165, 1.54) is 36.9 Å². The third-order valence-electron chi connectivity index (χ3n) is 5.35. The number of nitrogens with one attached hydrogen (secondary N) is 1. The number of benzene rings is 1. The van der Waals surface area contributed by atoms with Gasteiger partial charge in [-0.1, -0.05) is 31.0 Å². The number of para-hydroxylation sites is 1. The first-order chi connectivity index (χ1) is 11.3. The van der Waals surface area contributed by atoms with Crippen LogP contribution in [0.3, 0.4) is 0 Å². The van der Waals surface area contributed by atoms with E-state index >= 15 is 0 Å². The molecule has 1 aromatic rings. The Bertz CT molecular complexity index is 549. The summed E-state index contributed by atoms with van der Waals surface area (Å²) in [5.74, 6) is 1.00. The molecule has 0 spiro atoms. The highest BCUT2D eigenvalue weighted by molar-refractivity contribution is 5.98. The average Bonchev–Trinajstić information content (AvgIpc) is 3.19. The van der Waals surface area contributed by atoms with Gasteiger partial charge in [-0.25, -0.2) is 0 Å². The van der Waals surface area contributed by atoms with Gasteiger partial charge in [-0.2, -0.15) is 0 Å². The number of anilines is 1. The highest BCUT2D eigenvalue weighted by Crippen LogP contribution is 2.41. The van der Waals surface area contributed by atoms with Gasteiger partial charge in [-0.3, -0.25) is 4.99 Å². The second-order valence-electron chi connectivity index (χ2n) is 6.88. The van der Waals surface area contributed by atoms with Crippen molar-refractivity contribution >= 4 is 11.6 Å². The molecule has 0 unspecified atom stereocenters. The van der Waals surface area contributed by atoms with Gasteiger partial charge in [0.05, 0.1) is 0 Å². The van der Waals surface area contributed by atoms with Crippen LogP contribution in [0.4, 0.5) is 5.69 Å². The summed E-state index contributed by atoms with van der Waals surface area (Å²) in [5.41, 5.74) is 2.91. The van der Waals surface area contributed by atoms with Gasteiger partial charge in [-0.05, 0) is 49.7 Å². The van der Waals surface area contributed by atoms with Crippen molar-refractivity contribution in [2.45, 2.75) is 45.4 Å². The Morgan fingerprint density at radius 3 is 2.83 bits per heavy atom. The van der Waals surface area contributed by atoms with Crippen molar-refractivity contribution in [3.05, 3.63) is 29.8 Å². The monoisotopic (exact) mass is 315 g/mol. The molecular weight excluding hydrogens is 286 g/mol. The van der Waals surface area contributed by atoms with Crippen LogP contribution in [0.5, 0.6) is 0 Å². The molecule has 1 aliphatic heterocycles. The Morgan fingerprint density at radius 1 is 1.30 bits per heavy atom. The summed E-state index contributed by atoms with van der Waals surface area (Å²) in [6, 6.07) is 8.61. The molecular formula is C19H29N3O. The predicted octanol–water partition coefficient (Wildman–Crippen LogP) is 2.96. The third kappa shape index (κ3) is 3.52. The second kappa shape index (κ2) is 7.35. The summed E-state index contributed by atoms with van der Waals surface area (Å²) < 4.78 is 0. The normalized spacial score (nSPS) is 19.9. The minimum atomic E-state index is 0.217. The fraction of sp³-hybridized carbons (Fsp3) is 0.632. The molecule has 1 fully saturated rings. The smallest absolute Gasteiger partial charge is 0.198 e. The number of rotatable bonds is 5. The lowest BCUT2D eigenvalue weighted by atomic mass is 9.83. The highest BCUT2D eigenvalue weighted by Gasteiger charge is 2.33. The molecule has 2 N–H and O–H groups in total. The Labute approximate surface area is 139 Å². The molecule has 3 rings (SSSR count). The zero-order chi connectivity index (χ0) is 16.1. The lowest BCUT2D eigenvalue weighted by Crippen LogP contribution is -2.41. The van der Waals surface area contributed by atoms with Gasteiger partial charge in [0.1, 0.15) is 0 Å². The van der Waals surface area contributed by atoms with Gasteiger partial charge in [-0.15, -0.1) is 0 Å². The largest absolute Gasteiger partial charge is 0.396 e. The molecule has 0 radical (unpaired) electrons. The zero-order valence-corrected chi connectivity index (χ0v) is 14.2. The maximum absolute atomic E-state index is 9.43. The fourth-order valence-corrected chi connectivity index (χ4v) is 4.04. The molecule has 1 aliphatic carbocycles. The first-order valence-electron chi connectivity index (χ1n) is 9.03. The Morgan fingerprint density at radius 2 is 2.09 bits per heavy atom. The van der Waals surface area contributed by atoms with Crippen molar-refractivity contribution in [2.75, 3.05) is 31.1 Å². The number of guanidine groups is 1. The van der Waals surface area contributed by atoms with Crippen LogP contribution in [-0.4, -0.2) is 37.3 Å². The molecule has 1 saturated carbocycles. The predicted molar refractivity (Wildman–Crippen MR) is 96.1 cm³/mol. The van der Waals surface area contributed by atoms with E-state index in [-0.39, 0.29) is 12.0 Å². The van der Waals surface area contributed by atoms with Crippen LogP contribution in [0.2, 0.25) is 0 Å². The van der Waals surface area contributed by atoms with Gasteiger partial charge < -0.3 is 15.3 Å². The van der Waals surface area contributed by atoms with Crippen LogP contribution >= 0.6 is 0 Å². The molecule has 126 valence electrons. The Hall–Kier alpha value is -1.55. The summed E-state index contributed by atoms with van der Waals surface area (Å²) in [6.07, 6.45) is 6.92. The van der Waals surface area contributed by atoms with E-state index in [4.69, 9.17) is 4.99 Å². The zero-order valence-electron chi connectivity index (χ0n) is 14.2. The van der Waals surface area contributed by atoms with Crippen LogP contribution in [-0.2, 0) is 6.42 Å². The minimum Gasteiger partial charge on any atom is -0.396 e. The van der Waals surface area contributed by atoms with Crippen molar-refractivity contribution in [2.24, 2.45) is 10.4 Å². The number of aliphatic imine (C=N–C) groups is 1. The van der Waals surface area contributed by atoms with E-state index in [9.17, 15) is 5.11 Å². The molecule has 0 bridgehead atoms. The molecule has 4 heteroatoms. The first-order valence-corrected chi connectivity index (χ1v) is 9.03. The topological polar surface area (TPSA) is 47.9 Å². The summed E-state index contributed by atoms with van der Waals surface area (Å²) in [7, 11) is 0. The summed E-state index contributed by atoms with van der Waals surface area (Å²) in [6.45, 7) is 5.10. The van der Waals surface area contributed by atoms with Gasteiger partial charge in [0.25, 0.3) is 0 Å². The summed E-state index contributed by atoms with van der Waals surface area (Å²) in [5, 5.41) is 12.9. The van der Waals surface area contributed by atoms with Crippen molar-refractivity contribution < 1.29 is 5.11 Å². The number of nitrogens with zero attached hydrogens (tertiary/aromatic N) is 2. The molecule has 4 nitrogen and oxygen atoms in total. The standard InChI is InChI=1S/C19H29N3O/c1-2-20-18(21-15-19(12-14-23)10-5-6-11-19)22-13-9-16-7-3-4-8-17(16)22/h3-4,7-8,23H,2,5-6,9-15H2,1H3,(H,20,21). The van der Waals surface area contributed by atoms with Crippen LogP contribution in [0.15, 0.2) is 29.3 Å². The van der Waals surface area contributed by atoms with Crippen LogP contribution < -0.4 is 10.2 Å². The van der Waals surface area contributed by atoms with Crippen LogP contribution in [0.1, 0.15) is 44.6 Å². The fourth-order valence-electron chi connectivity index (χ4n) is 4.04. The second-order valence-corrected chi connectivity index (χ2v) is 6.88. The van der Waals surface area contributed by atoms with E-state index in [1.54, 1.807) is 0 Å². The van der Waals surface area contributed by atoms with Gasteiger partial charge >= 0.3 is 0 Å². The quantitative estimate of drug-likeness (QED) is 0.649. The molecule has 0 amide bonds. The SMILES string of the molecule is CCNC(=NCC1(CCO)CCCC1)N1CCc2ccccc21. The maximum Gasteiger partial charge on any atom is 0.198 e. The van der Waals surface area contributed by atoms with E-state index < -0.39 is 0 Å². The van der Waals surface area contributed by atoms with E-state index in [1.807, 2.05) is 0 Å². The lowest BCUT2D eigenvalue weighted by Gasteiger charge is -2.28. The van der Waals surface area contributed by atoms with Crippen molar-refractivity contribution in [1.29, 1.82) is 0 Å². The molecule has 23 heavy (non-hydrogen) atoms. The van der Waals surface area contributed by atoms with Gasteiger partial charge in [0.2, 0.25) is 0 Å². The summed E-state index contributed by atoms with van der Waals surface area (Å²) >= 11 is 0. The third-order valence-corrected chi connectivity index (χ3v) is 5.35. The number of aliphatic hydroxyl groups is 1. The lowest BCUT2D eigenvalue weighted by molar-refractivity contribution is 0.191. The molecule has 0 saturated heterocycles. The first kappa shape index (κ1) is 16.3. The number of aliphatic hydroxyl groups excluding tert-OH is 1. The van der Waals surface area contributed by atoms with Crippen molar-refractivity contribution in [1.82, 2.24) is 5.32 Å². The molecule has 1 heterocycles. The van der Waals surface area contributed by atoms with E-state index in [0.29, 0.717) is 0 Å². The highest BCUT2D eigenvalue weighted by atomic mass is 16.3. The van der Waals surface area contributed by atoms with Crippen molar-refractivity contribution in [3.8, 4) is 0 Å². The maximum atomic E-state index is 9.43. The van der Waals surface area contributed by atoms with Crippen molar-refractivity contribution in [3.63, 3.8) is 0 Å². The number of fused-ring (bicyclic) bond motifs is 1. The Kier molecular flexibility index (Phi) is 5.21.